The van der Waals surface area contributed by atoms with Crippen molar-refractivity contribution >= 4 is 39.4 Å². The van der Waals surface area contributed by atoms with Gasteiger partial charge in [0.05, 0.1) is 24.8 Å². The van der Waals surface area contributed by atoms with Crippen LogP contribution >= 0.6 is 11.6 Å². The number of anilines is 1. The Bertz CT molecular complexity index is 1380. The Balaban J connectivity index is 1.67. The number of aryl methyl sites for hydroxylation is 2. The van der Waals surface area contributed by atoms with Gasteiger partial charge in [-0.15, -0.1) is 0 Å². The van der Waals surface area contributed by atoms with E-state index in [-0.39, 0.29) is 0 Å². The Kier molecular flexibility index (Phi) is 9.54. The van der Waals surface area contributed by atoms with Gasteiger partial charge in [0.15, 0.2) is 11.5 Å². The molecule has 1 N–H and O–H groups in total. The van der Waals surface area contributed by atoms with Crippen molar-refractivity contribution in [3.63, 3.8) is 0 Å². The van der Waals surface area contributed by atoms with E-state index in [2.05, 4.69) is 10.5 Å². The van der Waals surface area contributed by atoms with E-state index in [4.69, 9.17) is 21.1 Å². The van der Waals surface area contributed by atoms with Crippen molar-refractivity contribution in [1.82, 2.24) is 5.43 Å². The van der Waals surface area contributed by atoms with E-state index in [0.29, 0.717) is 41.0 Å². The first-order valence-electron chi connectivity index (χ1n) is 11.6. The van der Waals surface area contributed by atoms with E-state index < -0.39 is 22.5 Å². The van der Waals surface area contributed by atoms with Gasteiger partial charge in [0.2, 0.25) is 10.0 Å². The molecule has 3 aromatic carbocycles. The molecule has 37 heavy (non-hydrogen) atoms. The molecule has 0 aromatic heterocycles. The lowest BCUT2D eigenvalue weighted by molar-refractivity contribution is -0.119. The summed E-state index contributed by atoms with van der Waals surface area (Å²) >= 11 is 5.93. The quantitative estimate of drug-likeness (QED) is 0.275. The van der Waals surface area contributed by atoms with Crippen LogP contribution in [0.3, 0.4) is 0 Å². The maximum absolute atomic E-state index is 12.5. The number of amides is 1. The largest absolute Gasteiger partial charge is 0.490 e. The van der Waals surface area contributed by atoms with Gasteiger partial charge in [-0.1, -0.05) is 35.9 Å². The third-order valence-electron chi connectivity index (χ3n) is 5.30. The highest BCUT2D eigenvalue weighted by atomic mass is 35.5. The first-order valence-corrected chi connectivity index (χ1v) is 13.8. The van der Waals surface area contributed by atoms with Gasteiger partial charge in [0.1, 0.15) is 13.2 Å². The molecule has 0 radical (unpaired) electrons. The molecule has 8 nitrogen and oxygen atoms in total. The average Bonchev–Trinajstić information content (AvgIpc) is 2.84. The van der Waals surface area contributed by atoms with Gasteiger partial charge >= 0.3 is 0 Å². The number of hydrogen-bond donors (Lipinski definition) is 1. The van der Waals surface area contributed by atoms with Crippen molar-refractivity contribution in [3.8, 4) is 11.5 Å². The van der Waals surface area contributed by atoms with Gasteiger partial charge in [0.25, 0.3) is 5.91 Å². The van der Waals surface area contributed by atoms with E-state index in [0.717, 1.165) is 27.3 Å². The Labute approximate surface area is 222 Å². The number of benzene rings is 3. The highest BCUT2D eigenvalue weighted by Gasteiger charge is 2.22. The molecule has 0 bridgehead atoms. The van der Waals surface area contributed by atoms with Crippen molar-refractivity contribution < 1.29 is 22.7 Å². The molecule has 196 valence electrons. The number of nitrogens with zero attached hydrogens (tertiary/aromatic N) is 2. The summed E-state index contributed by atoms with van der Waals surface area (Å²) in [4.78, 5) is 12.5. The smallest absolute Gasteiger partial charge is 0.260 e. The van der Waals surface area contributed by atoms with Crippen LogP contribution in [-0.4, -0.2) is 39.9 Å². The summed E-state index contributed by atoms with van der Waals surface area (Å²) in [5.41, 5.74) is 6.11. The van der Waals surface area contributed by atoms with E-state index in [1.54, 1.807) is 43.3 Å². The van der Waals surface area contributed by atoms with Crippen LogP contribution in [-0.2, 0) is 21.4 Å². The number of carbonyl (C=O) groups excluding carboxylic acids is 1. The van der Waals surface area contributed by atoms with Crippen LogP contribution in [0.25, 0.3) is 0 Å². The van der Waals surface area contributed by atoms with Crippen LogP contribution < -0.4 is 19.2 Å². The van der Waals surface area contributed by atoms with Crippen LogP contribution in [0.4, 0.5) is 5.69 Å². The summed E-state index contributed by atoms with van der Waals surface area (Å²) in [6.07, 6.45) is 2.52. The second-order valence-corrected chi connectivity index (χ2v) is 10.8. The minimum atomic E-state index is -3.69. The molecule has 0 atom stereocenters. The molecule has 3 aromatic rings. The second-order valence-electron chi connectivity index (χ2n) is 8.41. The molecule has 0 saturated carbocycles. The zero-order valence-electron chi connectivity index (χ0n) is 21.2. The minimum Gasteiger partial charge on any atom is -0.490 e. The molecular formula is C27H30ClN3O5S. The summed E-state index contributed by atoms with van der Waals surface area (Å²) in [5, 5.41) is 4.64. The van der Waals surface area contributed by atoms with Crippen molar-refractivity contribution in [2.75, 3.05) is 23.7 Å². The highest BCUT2D eigenvalue weighted by molar-refractivity contribution is 7.92. The standard InChI is InChI=1S/C27H30ClN3O5S/c1-5-35-26-15-22(10-13-25(26)36-18-21-8-11-23(28)12-9-21)16-29-30-27(32)17-31(37(4,33)34)24-14-19(2)6-7-20(24)3/h6-16H,5,17-18H2,1-4H3,(H,30,32)/b29-16-. The fraction of sp³-hybridized carbons (Fsp3) is 0.259. The normalized spacial score (nSPS) is 11.4. The number of sulfonamides is 1. The predicted octanol–water partition coefficient (Wildman–Crippen LogP) is 4.85. The molecule has 0 unspecified atom stereocenters. The topological polar surface area (TPSA) is 97.3 Å². The van der Waals surface area contributed by atoms with Crippen molar-refractivity contribution in [2.45, 2.75) is 27.4 Å². The number of ether oxygens (including phenoxy) is 2. The minimum absolute atomic E-state index is 0.345. The van der Waals surface area contributed by atoms with Gasteiger partial charge in [-0.2, -0.15) is 5.10 Å². The van der Waals surface area contributed by atoms with E-state index in [1.165, 1.54) is 6.21 Å². The Hall–Kier alpha value is -3.56. The molecule has 10 heteroatoms. The Morgan fingerprint density at radius 2 is 1.76 bits per heavy atom. The third kappa shape index (κ3) is 8.23. The van der Waals surface area contributed by atoms with E-state index in [1.807, 2.05) is 38.1 Å². The van der Waals surface area contributed by atoms with Crippen molar-refractivity contribution in [2.24, 2.45) is 5.10 Å². The Morgan fingerprint density at radius 1 is 1.03 bits per heavy atom. The highest BCUT2D eigenvalue weighted by Crippen LogP contribution is 2.29. The zero-order valence-corrected chi connectivity index (χ0v) is 22.8. The molecule has 0 aliphatic carbocycles. The Morgan fingerprint density at radius 3 is 2.43 bits per heavy atom. The molecule has 3 rings (SSSR count). The molecule has 0 aliphatic heterocycles. The lowest BCUT2D eigenvalue weighted by atomic mass is 10.1. The lowest BCUT2D eigenvalue weighted by Crippen LogP contribution is -2.39. The summed E-state index contributed by atoms with van der Waals surface area (Å²) in [6, 6.07) is 18.1. The maximum atomic E-state index is 12.5. The van der Waals surface area contributed by atoms with Crippen molar-refractivity contribution in [3.05, 3.63) is 87.9 Å². The van der Waals surface area contributed by atoms with Crippen LogP contribution in [0, 0.1) is 13.8 Å². The molecular weight excluding hydrogens is 514 g/mol. The van der Waals surface area contributed by atoms with Crippen LogP contribution in [0.1, 0.15) is 29.2 Å². The van der Waals surface area contributed by atoms with Gasteiger partial charge in [-0.25, -0.2) is 13.8 Å². The number of halogens is 1. The monoisotopic (exact) mass is 543 g/mol. The lowest BCUT2D eigenvalue weighted by Gasteiger charge is -2.23. The molecule has 0 fully saturated rings. The molecule has 0 spiro atoms. The van der Waals surface area contributed by atoms with E-state index in [9.17, 15) is 13.2 Å². The SMILES string of the molecule is CCOc1cc(/C=N\NC(=O)CN(c2cc(C)ccc2C)S(C)(=O)=O)ccc1OCc1ccc(Cl)cc1. The van der Waals surface area contributed by atoms with Crippen LogP contribution in [0.5, 0.6) is 11.5 Å². The number of hydrogen-bond acceptors (Lipinski definition) is 6. The maximum Gasteiger partial charge on any atom is 0.260 e. The zero-order chi connectivity index (χ0) is 27.0. The first-order chi connectivity index (χ1) is 17.6. The number of nitrogens with one attached hydrogen (secondary N) is 1. The fourth-order valence-electron chi connectivity index (χ4n) is 3.45. The second kappa shape index (κ2) is 12.6. The first kappa shape index (κ1) is 28.0. The fourth-order valence-corrected chi connectivity index (χ4v) is 4.48. The summed E-state index contributed by atoms with van der Waals surface area (Å²) in [5.74, 6) is 0.524. The number of hydrazone groups is 1. The third-order valence-corrected chi connectivity index (χ3v) is 6.68. The van der Waals surface area contributed by atoms with Gasteiger partial charge in [-0.3, -0.25) is 9.10 Å². The number of carbonyl (C=O) groups is 1. The van der Waals surface area contributed by atoms with E-state index >= 15 is 0 Å². The summed E-state index contributed by atoms with van der Waals surface area (Å²) < 4.78 is 37.5. The van der Waals surface area contributed by atoms with Gasteiger partial charge < -0.3 is 9.47 Å². The van der Waals surface area contributed by atoms with Gasteiger partial charge in [-0.05, 0) is 79.4 Å². The molecule has 0 aliphatic rings. The van der Waals surface area contributed by atoms with Crippen LogP contribution in [0.2, 0.25) is 5.02 Å². The average molecular weight is 544 g/mol. The van der Waals surface area contributed by atoms with Gasteiger partial charge in [0, 0.05) is 5.02 Å². The van der Waals surface area contributed by atoms with Crippen LogP contribution in [0.15, 0.2) is 65.8 Å². The predicted molar refractivity (Wildman–Crippen MR) is 147 cm³/mol. The molecule has 0 saturated heterocycles. The molecule has 0 heterocycles. The summed E-state index contributed by atoms with van der Waals surface area (Å²) in [7, 11) is -3.69. The summed E-state index contributed by atoms with van der Waals surface area (Å²) in [6.45, 7) is 5.90. The van der Waals surface area contributed by atoms with Crippen molar-refractivity contribution in [1.29, 1.82) is 0 Å². The number of rotatable bonds is 11. The molecule has 1 amide bonds.